The Morgan fingerprint density at radius 1 is 0.679 bits per heavy atom. The lowest BCUT2D eigenvalue weighted by Crippen LogP contribution is -2.59. The molecule has 1 N–H and O–H groups in total. The lowest BCUT2D eigenvalue weighted by molar-refractivity contribution is 0.0508. The van der Waals surface area contributed by atoms with E-state index in [1.165, 1.54) is 65.1 Å². The molecule has 0 spiro atoms. The molecule has 0 aromatic rings. The Bertz CT molecular complexity index is 429. The van der Waals surface area contributed by atoms with Gasteiger partial charge in [0.2, 0.25) is 0 Å². The molecule has 5 aliphatic heterocycles. The number of nitrogens with zero attached hydrogens (tertiary/aromatic N) is 3. The summed E-state index contributed by atoms with van der Waals surface area (Å²) in [6, 6.07) is 1.60. The zero-order valence-electron chi connectivity index (χ0n) is 17.6. The Morgan fingerprint density at radius 2 is 1.21 bits per heavy atom. The van der Waals surface area contributed by atoms with Crippen LogP contribution in [0.2, 0.25) is 0 Å². The zero-order chi connectivity index (χ0) is 18.2. The third-order valence-electron chi connectivity index (χ3n) is 6.48. The first-order valence-electron chi connectivity index (χ1n) is 10.6. The molecule has 5 aliphatic rings. The van der Waals surface area contributed by atoms with Gasteiger partial charge in [0.1, 0.15) is 0 Å². The van der Waals surface area contributed by atoms with Crippen LogP contribution in [0.5, 0.6) is 0 Å². The first-order chi connectivity index (χ1) is 11.6. The van der Waals surface area contributed by atoms with Gasteiger partial charge in [-0.2, -0.15) is 0 Å². The van der Waals surface area contributed by atoms with Crippen molar-refractivity contribution in [3.63, 3.8) is 0 Å². The molecule has 5 saturated heterocycles. The molecule has 170 valence electrons. The van der Waals surface area contributed by atoms with Crippen LogP contribution < -0.4 is 5.32 Å². The molecule has 0 saturated carbocycles. The van der Waals surface area contributed by atoms with Crippen LogP contribution in [0.15, 0.2) is 0 Å². The van der Waals surface area contributed by atoms with Crippen molar-refractivity contribution >= 4 is 0 Å². The largest absolute Gasteiger partial charge is 0.308 e. The second-order valence-corrected chi connectivity index (χ2v) is 10.7. The van der Waals surface area contributed by atoms with Crippen LogP contribution in [-0.4, -0.2) is 83.7 Å². The summed E-state index contributed by atoms with van der Waals surface area (Å²) in [4.78, 5) is 7.87. The van der Waals surface area contributed by atoms with Crippen molar-refractivity contribution in [1.82, 2.24) is 20.0 Å². The van der Waals surface area contributed by atoms with E-state index in [0.29, 0.717) is 5.54 Å². The highest BCUT2D eigenvalue weighted by Crippen LogP contribution is 2.29. The average Bonchev–Trinajstić information content (AvgIpc) is 2.86. The quantitative estimate of drug-likeness (QED) is 0.699. The zero-order valence-corrected chi connectivity index (χ0v) is 17.6. The molecule has 4 nitrogen and oxygen atoms in total. The minimum atomic E-state index is 0. The number of hydrogen-bond acceptors (Lipinski definition) is 4. The summed E-state index contributed by atoms with van der Waals surface area (Å²) in [5, 5.41) is 3.75. The fraction of sp³-hybridized carbons (Fsp3) is 1.00. The summed E-state index contributed by atoms with van der Waals surface area (Å²) in [6.07, 6.45) is 4.21. The fourth-order valence-electron chi connectivity index (χ4n) is 5.27. The number of nitrogens with one attached hydrogen (secondary N) is 1. The molecular formula is C24H54N4. The molecule has 4 heteroatoms. The highest BCUT2D eigenvalue weighted by atomic mass is 15.3. The molecule has 4 bridgehead atoms. The van der Waals surface area contributed by atoms with Gasteiger partial charge in [0, 0.05) is 49.3 Å². The van der Waals surface area contributed by atoms with Gasteiger partial charge in [-0.05, 0) is 86.4 Å². The molecule has 5 heterocycles. The smallest absolute Gasteiger partial charge is 0.0241 e. The van der Waals surface area contributed by atoms with E-state index in [9.17, 15) is 0 Å². The van der Waals surface area contributed by atoms with E-state index in [1.807, 2.05) is 0 Å². The summed E-state index contributed by atoms with van der Waals surface area (Å²) in [5.74, 6) is 0.948. The van der Waals surface area contributed by atoms with Crippen LogP contribution in [0.3, 0.4) is 0 Å². The molecule has 0 radical (unpaired) electrons. The van der Waals surface area contributed by atoms with Crippen molar-refractivity contribution in [2.24, 2.45) is 5.92 Å². The fourth-order valence-corrected chi connectivity index (χ4v) is 5.27. The molecule has 0 amide bonds. The molecule has 0 aromatic heterocycles. The normalized spacial score (nSPS) is 34.3. The number of piperidine rings is 3. The van der Waals surface area contributed by atoms with Gasteiger partial charge in [-0.1, -0.05) is 22.3 Å². The summed E-state index contributed by atoms with van der Waals surface area (Å²) < 4.78 is 0. The van der Waals surface area contributed by atoms with Crippen molar-refractivity contribution < 1.29 is 0 Å². The van der Waals surface area contributed by atoms with Gasteiger partial charge in [-0.25, -0.2) is 0 Å². The summed E-state index contributed by atoms with van der Waals surface area (Å²) in [7, 11) is 0. The van der Waals surface area contributed by atoms with E-state index >= 15 is 0 Å². The van der Waals surface area contributed by atoms with E-state index in [0.717, 1.165) is 18.0 Å². The number of hydrogen-bond donors (Lipinski definition) is 1. The van der Waals surface area contributed by atoms with Crippen LogP contribution in [0, 0.1) is 5.92 Å². The first-order valence-corrected chi connectivity index (χ1v) is 10.6. The highest BCUT2D eigenvalue weighted by Gasteiger charge is 2.37. The molecular weight excluding hydrogens is 344 g/mol. The van der Waals surface area contributed by atoms with E-state index in [1.54, 1.807) is 0 Å². The summed E-state index contributed by atoms with van der Waals surface area (Å²) >= 11 is 0. The summed E-state index contributed by atoms with van der Waals surface area (Å²) in [6.45, 7) is 23.0. The maximum atomic E-state index is 3.75. The number of fused-ring (bicyclic) bond motifs is 5. The van der Waals surface area contributed by atoms with Gasteiger partial charge in [0.05, 0.1) is 0 Å². The predicted octanol–water partition coefficient (Wildman–Crippen LogP) is 4.55. The van der Waals surface area contributed by atoms with Gasteiger partial charge in [0.25, 0.3) is 0 Å². The van der Waals surface area contributed by atoms with Crippen molar-refractivity contribution in [3.05, 3.63) is 0 Å². The Labute approximate surface area is 178 Å². The Balaban J connectivity index is 0.000000471. The SMILES string of the molecule is C.C.C.CC(C)(C)N1CCN2CCC1C2.CC(C)(C)NC1CN2CCC1CC2. The van der Waals surface area contributed by atoms with Gasteiger partial charge in [-0.3, -0.25) is 4.90 Å². The molecule has 5 fully saturated rings. The molecule has 28 heavy (non-hydrogen) atoms. The third-order valence-corrected chi connectivity index (χ3v) is 6.48. The topological polar surface area (TPSA) is 21.8 Å². The lowest BCUT2D eigenvalue weighted by atomic mass is 9.83. The lowest BCUT2D eigenvalue weighted by Gasteiger charge is -2.47. The average molecular weight is 399 g/mol. The molecule has 3 atom stereocenters. The molecule has 5 rings (SSSR count). The standard InChI is InChI=1S/C11H22N2.C10H20N2.3CH4/c1-11(2,3)12-10-8-13-6-4-9(10)5-7-13;1-10(2,3)12-7-6-11-5-4-9(12)8-11;;;/h9-10,12H,4-8H2,1-3H3;9H,4-8H2,1-3H3;3*1H4. The highest BCUT2D eigenvalue weighted by molar-refractivity contribution is 4.94. The first kappa shape index (κ1) is 27.8. The number of piperazine rings is 1. The second kappa shape index (κ2) is 10.7. The minimum absolute atomic E-state index is 0. The Kier molecular flexibility index (Phi) is 10.7. The third kappa shape index (κ3) is 7.27. The van der Waals surface area contributed by atoms with Gasteiger partial charge < -0.3 is 15.1 Å². The van der Waals surface area contributed by atoms with Crippen LogP contribution in [0.4, 0.5) is 0 Å². The van der Waals surface area contributed by atoms with E-state index in [4.69, 9.17) is 0 Å². The van der Waals surface area contributed by atoms with Crippen LogP contribution in [0.1, 0.15) is 83.1 Å². The van der Waals surface area contributed by atoms with Crippen LogP contribution in [-0.2, 0) is 0 Å². The number of rotatable bonds is 1. The van der Waals surface area contributed by atoms with Crippen molar-refractivity contribution in [3.8, 4) is 0 Å². The van der Waals surface area contributed by atoms with E-state index in [2.05, 4.69) is 61.6 Å². The maximum absolute atomic E-state index is 3.75. The van der Waals surface area contributed by atoms with Crippen molar-refractivity contribution in [1.29, 1.82) is 0 Å². The Hall–Kier alpha value is -0.160. The second-order valence-electron chi connectivity index (χ2n) is 10.7. The van der Waals surface area contributed by atoms with Crippen molar-refractivity contribution in [2.45, 2.75) is 106 Å². The van der Waals surface area contributed by atoms with E-state index < -0.39 is 0 Å². The summed E-state index contributed by atoms with van der Waals surface area (Å²) in [5.41, 5.74) is 0.657. The van der Waals surface area contributed by atoms with Crippen molar-refractivity contribution in [2.75, 3.05) is 45.8 Å². The Morgan fingerprint density at radius 3 is 1.68 bits per heavy atom. The monoisotopic (exact) mass is 398 g/mol. The van der Waals surface area contributed by atoms with E-state index in [-0.39, 0.29) is 27.8 Å². The maximum Gasteiger partial charge on any atom is 0.0241 e. The van der Waals surface area contributed by atoms with Gasteiger partial charge in [-0.15, -0.1) is 0 Å². The molecule has 0 aromatic carbocycles. The van der Waals surface area contributed by atoms with Gasteiger partial charge >= 0.3 is 0 Å². The van der Waals surface area contributed by atoms with Crippen LogP contribution >= 0.6 is 0 Å². The minimum Gasteiger partial charge on any atom is -0.308 e. The van der Waals surface area contributed by atoms with Crippen LogP contribution in [0.25, 0.3) is 0 Å². The predicted molar refractivity (Wildman–Crippen MR) is 127 cm³/mol. The molecule has 3 unspecified atom stereocenters. The molecule has 0 aliphatic carbocycles. The van der Waals surface area contributed by atoms with Gasteiger partial charge in [0.15, 0.2) is 0 Å².